The van der Waals surface area contributed by atoms with Gasteiger partial charge in [-0.15, -0.1) is 5.11 Å². The van der Waals surface area contributed by atoms with E-state index in [1.165, 1.54) is 37.4 Å². The predicted octanol–water partition coefficient (Wildman–Crippen LogP) is 4.72. The molecule has 0 aliphatic carbocycles. The summed E-state index contributed by atoms with van der Waals surface area (Å²) < 4.78 is 71.6. The number of aromatic hydroxyl groups is 1. The van der Waals surface area contributed by atoms with Crippen molar-refractivity contribution in [3.63, 3.8) is 0 Å². The van der Waals surface area contributed by atoms with Gasteiger partial charge in [-0.2, -0.15) is 21.9 Å². The molecule has 0 spiro atoms. The number of nitrogens with one attached hydrogen (secondary N) is 1. The highest BCUT2D eigenvalue weighted by Gasteiger charge is 2.23. The van der Waals surface area contributed by atoms with E-state index >= 15 is 0 Å². The van der Waals surface area contributed by atoms with E-state index in [-0.39, 0.29) is 27.9 Å². The molecule has 38 heavy (non-hydrogen) atoms. The van der Waals surface area contributed by atoms with Crippen molar-refractivity contribution in [1.29, 1.82) is 0 Å². The molecule has 0 saturated carbocycles. The summed E-state index contributed by atoms with van der Waals surface area (Å²) in [5, 5.41) is 21.2. The minimum Gasteiger partial charge on any atom is -0.505 e. The molecule has 4 N–H and O–H groups in total. The number of nitrogens with zero attached hydrogens (tertiary/aromatic N) is 2. The van der Waals surface area contributed by atoms with E-state index < -0.39 is 47.4 Å². The second-order valence-electron chi connectivity index (χ2n) is 7.81. The fourth-order valence-electron chi connectivity index (χ4n) is 3.55. The van der Waals surface area contributed by atoms with Crippen LogP contribution in [0.2, 0.25) is 0 Å². The minimum absolute atomic E-state index is 0.123. The Kier molecular flexibility index (Phi) is 7.15. The molecule has 0 radical (unpaired) electrons. The summed E-state index contributed by atoms with van der Waals surface area (Å²) in [5.41, 5.74) is -0.0821. The summed E-state index contributed by atoms with van der Waals surface area (Å²) in [4.78, 5) is 11.1. The van der Waals surface area contributed by atoms with Crippen LogP contribution in [0.1, 0.15) is 10.4 Å². The Morgan fingerprint density at radius 3 is 2.16 bits per heavy atom. The normalized spacial score (nSPS) is 12.1. The SMILES string of the molecule is COc1ccc(N=Nc2c(S(=O)(=O)O)cc3cc(NC(=O)c4ccccc4)ccc3c2O)cc1S(=O)(=O)O. The van der Waals surface area contributed by atoms with Gasteiger partial charge in [-0.25, -0.2) is 0 Å². The second-order valence-corrected chi connectivity index (χ2v) is 10.6. The minimum atomic E-state index is -4.93. The van der Waals surface area contributed by atoms with Crippen LogP contribution in [0.15, 0.2) is 92.8 Å². The fourth-order valence-corrected chi connectivity index (χ4v) is 4.89. The lowest BCUT2D eigenvalue weighted by molar-refractivity contribution is 0.102. The molecule has 0 fully saturated rings. The van der Waals surface area contributed by atoms with Gasteiger partial charge in [-0.05, 0) is 60.0 Å². The van der Waals surface area contributed by atoms with Crippen molar-refractivity contribution in [2.45, 2.75) is 9.79 Å². The molecule has 4 rings (SSSR count). The van der Waals surface area contributed by atoms with E-state index in [0.717, 1.165) is 12.1 Å². The van der Waals surface area contributed by atoms with E-state index in [2.05, 4.69) is 15.5 Å². The van der Waals surface area contributed by atoms with E-state index in [4.69, 9.17) is 4.74 Å². The van der Waals surface area contributed by atoms with Crippen molar-refractivity contribution in [3.8, 4) is 11.5 Å². The molecule has 0 unspecified atom stereocenters. The lowest BCUT2D eigenvalue weighted by Crippen LogP contribution is -2.11. The van der Waals surface area contributed by atoms with Gasteiger partial charge in [0.25, 0.3) is 26.1 Å². The van der Waals surface area contributed by atoms with Crippen molar-refractivity contribution >= 4 is 54.0 Å². The molecule has 196 valence electrons. The summed E-state index contributed by atoms with van der Waals surface area (Å²) in [6.07, 6.45) is 0. The summed E-state index contributed by atoms with van der Waals surface area (Å²) in [5.74, 6) is -1.24. The Morgan fingerprint density at radius 2 is 1.53 bits per heavy atom. The zero-order valence-corrected chi connectivity index (χ0v) is 21.1. The van der Waals surface area contributed by atoms with Crippen LogP contribution in [-0.4, -0.2) is 44.1 Å². The lowest BCUT2D eigenvalue weighted by atomic mass is 10.1. The highest BCUT2D eigenvalue weighted by Crippen LogP contribution is 2.42. The van der Waals surface area contributed by atoms with Gasteiger partial charge < -0.3 is 15.2 Å². The second kappa shape index (κ2) is 10.2. The quantitative estimate of drug-likeness (QED) is 0.184. The van der Waals surface area contributed by atoms with Gasteiger partial charge in [0.05, 0.1) is 12.8 Å². The fraction of sp³-hybridized carbons (Fsp3) is 0.0417. The molecule has 0 saturated heterocycles. The van der Waals surface area contributed by atoms with Gasteiger partial charge in [0.15, 0.2) is 5.75 Å². The standard InChI is InChI=1S/C24H19N3O9S2/c1-36-19-10-8-17(13-20(19)37(30,31)32)26-27-22-21(38(33,34)35)12-15-11-16(7-9-18(15)23(22)28)25-24(29)14-5-3-2-4-6-14/h2-13,28H,1H3,(H,25,29)(H,30,31,32)(H,33,34,35). The van der Waals surface area contributed by atoms with E-state index in [1.54, 1.807) is 30.3 Å². The maximum Gasteiger partial charge on any atom is 0.298 e. The number of phenols is 1. The molecule has 4 aromatic carbocycles. The van der Waals surface area contributed by atoms with Gasteiger partial charge in [0.1, 0.15) is 21.2 Å². The van der Waals surface area contributed by atoms with Crippen LogP contribution in [0.25, 0.3) is 10.8 Å². The molecule has 0 aliphatic heterocycles. The number of anilines is 1. The lowest BCUT2D eigenvalue weighted by Gasteiger charge is -2.11. The van der Waals surface area contributed by atoms with Crippen LogP contribution >= 0.6 is 0 Å². The summed E-state index contributed by atoms with van der Waals surface area (Å²) in [6, 6.07) is 17.0. The number of methoxy groups -OCH3 is 1. The van der Waals surface area contributed by atoms with E-state index in [9.17, 15) is 35.8 Å². The van der Waals surface area contributed by atoms with Crippen molar-refractivity contribution in [2.75, 3.05) is 12.4 Å². The van der Waals surface area contributed by atoms with Crippen LogP contribution in [-0.2, 0) is 20.2 Å². The average molecular weight is 558 g/mol. The van der Waals surface area contributed by atoms with Crippen molar-refractivity contribution in [1.82, 2.24) is 0 Å². The molecule has 0 aliphatic rings. The third-order valence-electron chi connectivity index (χ3n) is 5.31. The molecule has 0 aromatic heterocycles. The van der Waals surface area contributed by atoms with Crippen LogP contribution in [0.5, 0.6) is 11.5 Å². The third-order valence-corrected chi connectivity index (χ3v) is 7.06. The van der Waals surface area contributed by atoms with Gasteiger partial charge in [-0.3, -0.25) is 13.9 Å². The number of fused-ring (bicyclic) bond motifs is 1. The first-order valence-electron chi connectivity index (χ1n) is 10.6. The van der Waals surface area contributed by atoms with Crippen molar-refractivity contribution < 1.29 is 40.6 Å². The number of carbonyl (C=O) groups excluding carboxylic acids is 1. The van der Waals surface area contributed by atoms with Crippen molar-refractivity contribution in [3.05, 3.63) is 78.4 Å². The molecule has 0 atom stereocenters. The molecule has 4 aromatic rings. The molecular formula is C24H19N3O9S2. The first kappa shape index (κ1) is 26.7. The summed E-state index contributed by atoms with van der Waals surface area (Å²) in [6.45, 7) is 0. The number of hydrogen-bond donors (Lipinski definition) is 4. The average Bonchev–Trinajstić information content (AvgIpc) is 2.87. The van der Waals surface area contributed by atoms with Gasteiger partial charge in [0.2, 0.25) is 0 Å². The Hall–Kier alpha value is -4.37. The zero-order valence-electron chi connectivity index (χ0n) is 19.4. The van der Waals surface area contributed by atoms with Crippen molar-refractivity contribution in [2.24, 2.45) is 10.2 Å². The molecule has 12 nitrogen and oxygen atoms in total. The Morgan fingerprint density at radius 1 is 0.842 bits per heavy atom. The van der Waals surface area contributed by atoms with Crippen LogP contribution in [0.4, 0.5) is 17.1 Å². The Labute approximate surface area is 216 Å². The number of amides is 1. The number of ether oxygens (including phenoxy) is 1. The topological polar surface area (TPSA) is 192 Å². The van der Waals surface area contributed by atoms with E-state index in [1.807, 2.05) is 0 Å². The van der Waals surface area contributed by atoms with Gasteiger partial charge in [-0.1, -0.05) is 18.2 Å². The molecule has 1 amide bonds. The monoisotopic (exact) mass is 557 g/mol. The largest absolute Gasteiger partial charge is 0.505 e. The molecular weight excluding hydrogens is 538 g/mol. The number of phenolic OH excluding ortho intramolecular Hbond substituents is 1. The molecule has 0 bridgehead atoms. The number of benzene rings is 4. The van der Waals surface area contributed by atoms with Crippen LogP contribution < -0.4 is 10.1 Å². The predicted molar refractivity (Wildman–Crippen MR) is 137 cm³/mol. The summed E-state index contributed by atoms with van der Waals surface area (Å²) >= 11 is 0. The van der Waals surface area contributed by atoms with Crippen LogP contribution in [0, 0.1) is 0 Å². The molecule has 0 heterocycles. The Bertz CT molecular complexity index is 1810. The van der Waals surface area contributed by atoms with Crippen LogP contribution in [0.3, 0.4) is 0 Å². The summed E-state index contributed by atoms with van der Waals surface area (Å²) in [7, 11) is -8.43. The van der Waals surface area contributed by atoms with Gasteiger partial charge in [0, 0.05) is 16.6 Å². The van der Waals surface area contributed by atoms with Gasteiger partial charge >= 0.3 is 0 Å². The number of hydrogen-bond acceptors (Lipinski definition) is 9. The van der Waals surface area contributed by atoms with E-state index in [0.29, 0.717) is 5.56 Å². The number of carbonyl (C=O) groups is 1. The highest BCUT2D eigenvalue weighted by molar-refractivity contribution is 7.86. The maximum atomic E-state index is 12.5. The third kappa shape index (κ3) is 5.63. The smallest absolute Gasteiger partial charge is 0.298 e. The Balaban J connectivity index is 1.78. The first-order valence-corrected chi connectivity index (χ1v) is 13.5. The number of azo groups is 1. The molecule has 14 heteroatoms. The zero-order chi connectivity index (χ0) is 27.7. The maximum absolute atomic E-state index is 12.5. The highest BCUT2D eigenvalue weighted by atomic mass is 32.2. The first-order chi connectivity index (χ1) is 17.9. The number of rotatable bonds is 7.